The molecular weight excluding hydrogens is 396 g/mol. The lowest BCUT2D eigenvalue weighted by Crippen LogP contribution is -2.15. The number of nitrogens with one attached hydrogen (secondary N) is 1. The van der Waals surface area contributed by atoms with Gasteiger partial charge in [0.2, 0.25) is 0 Å². The number of thioether (sulfide) groups is 1. The Hall–Kier alpha value is -3.06. The number of ketones is 1. The minimum absolute atomic E-state index is 0.0828. The van der Waals surface area contributed by atoms with Gasteiger partial charge in [-0.15, -0.1) is 10.2 Å². The number of aryl methyl sites for hydroxylation is 1. The first-order chi connectivity index (χ1) is 14.5. The fourth-order valence-electron chi connectivity index (χ4n) is 3.70. The molecule has 0 aliphatic carbocycles. The van der Waals surface area contributed by atoms with E-state index in [0.717, 1.165) is 44.5 Å². The first-order valence-electron chi connectivity index (χ1n) is 9.89. The van der Waals surface area contributed by atoms with Gasteiger partial charge in [0.05, 0.1) is 17.9 Å². The molecule has 0 amide bonds. The fourth-order valence-corrected chi connectivity index (χ4v) is 4.67. The van der Waals surface area contributed by atoms with E-state index < -0.39 is 0 Å². The van der Waals surface area contributed by atoms with Crippen molar-refractivity contribution in [3.8, 4) is 17.1 Å². The summed E-state index contributed by atoms with van der Waals surface area (Å²) < 4.78 is 7.51. The number of H-pyrrole nitrogens is 1. The van der Waals surface area contributed by atoms with Crippen LogP contribution in [0, 0.1) is 6.92 Å². The normalized spacial score (nSPS) is 12.3. The van der Waals surface area contributed by atoms with Crippen molar-refractivity contribution in [3.05, 3.63) is 59.8 Å². The van der Waals surface area contributed by atoms with Crippen molar-refractivity contribution >= 4 is 28.4 Å². The highest BCUT2D eigenvalue weighted by Gasteiger charge is 2.25. The van der Waals surface area contributed by atoms with Crippen LogP contribution in [0.15, 0.2) is 53.7 Å². The summed E-state index contributed by atoms with van der Waals surface area (Å²) in [4.78, 5) is 16.6. The maximum absolute atomic E-state index is 13.3. The quantitative estimate of drug-likeness (QED) is 0.332. The Kier molecular flexibility index (Phi) is 5.63. The summed E-state index contributed by atoms with van der Waals surface area (Å²) in [7, 11) is 1.64. The van der Waals surface area contributed by atoms with Crippen LogP contribution in [0.4, 0.5) is 0 Å². The van der Waals surface area contributed by atoms with Crippen LogP contribution in [0.3, 0.4) is 0 Å². The Bertz CT molecular complexity index is 1210. The van der Waals surface area contributed by atoms with Crippen molar-refractivity contribution in [2.45, 2.75) is 37.7 Å². The molecule has 30 heavy (non-hydrogen) atoms. The van der Waals surface area contributed by atoms with Crippen molar-refractivity contribution in [2.75, 3.05) is 7.11 Å². The minimum Gasteiger partial charge on any atom is -0.496 e. The molecule has 0 aliphatic heterocycles. The molecule has 0 aliphatic rings. The van der Waals surface area contributed by atoms with Crippen LogP contribution in [-0.2, 0) is 6.54 Å². The van der Waals surface area contributed by atoms with Gasteiger partial charge in [0.1, 0.15) is 5.75 Å². The van der Waals surface area contributed by atoms with Crippen molar-refractivity contribution in [1.82, 2.24) is 19.7 Å². The van der Waals surface area contributed by atoms with E-state index >= 15 is 0 Å². The fraction of sp³-hybridized carbons (Fsp3) is 0.261. The number of aromatic nitrogens is 4. The smallest absolute Gasteiger partial charge is 0.192 e. The number of para-hydroxylation sites is 2. The zero-order valence-electron chi connectivity index (χ0n) is 17.5. The topological polar surface area (TPSA) is 72.8 Å². The number of Topliss-reactive ketones (excluding diaryl/α,β-unsaturated/α-hetero) is 1. The number of ether oxygens (including phenoxy) is 1. The van der Waals surface area contributed by atoms with Gasteiger partial charge in [-0.05, 0) is 39.0 Å². The second-order valence-electron chi connectivity index (χ2n) is 7.05. The summed E-state index contributed by atoms with van der Waals surface area (Å²) in [5.41, 5.74) is 3.50. The van der Waals surface area contributed by atoms with E-state index in [9.17, 15) is 4.79 Å². The first kappa shape index (κ1) is 20.2. The van der Waals surface area contributed by atoms with Crippen LogP contribution < -0.4 is 4.74 Å². The highest BCUT2D eigenvalue weighted by atomic mass is 32.2. The van der Waals surface area contributed by atoms with Crippen molar-refractivity contribution < 1.29 is 9.53 Å². The van der Waals surface area contributed by atoms with Crippen LogP contribution in [0.1, 0.15) is 29.9 Å². The molecule has 0 bridgehead atoms. The Balaban J connectivity index is 1.65. The van der Waals surface area contributed by atoms with Crippen LogP contribution in [0.25, 0.3) is 22.3 Å². The monoisotopic (exact) mass is 420 g/mol. The average Bonchev–Trinajstić information content (AvgIpc) is 3.32. The van der Waals surface area contributed by atoms with Gasteiger partial charge in [0.15, 0.2) is 16.8 Å². The third-order valence-electron chi connectivity index (χ3n) is 5.17. The summed E-state index contributed by atoms with van der Waals surface area (Å²) in [6.45, 7) is 6.60. The lowest BCUT2D eigenvalue weighted by molar-refractivity contribution is 0.0995. The second-order valence-corrected chi connectivity index (χ2v) is 8.35. The van der Waals surface area contributed by atoms with Crippen molar-refractivity contribution in [3.63, 3.8) is 0 Å². The number of aromatic amines is 1. The van der Waals surface area contributed by atoms with Crippen LogP contribution in [0.2, 0.25) is 0 Å². The maximum atomic E-state index is 13.3. The van der Waals surface area contributed by atoms with Gasteiger partial charge in [0, 0.05) is 28.7 Å². The lowest BCUT2D eigenvalue weighted by Gasteiger charge is -2.13. The van der Waals surface area contributed by atoms with Gasteiger partial charge in [-0.3, -0.25) is 4.79 Å². The summed E-state index contributed by atoms with van der Waals surface area (Å²) in [5, 5.41) is 10.2. The van der Waals surface area contributed by atoms with Gasteiger partial charge < -0.3 is 14.3 Å². The van der Waals surface area contributed by atoms with Crippen molar-refractivity contribution in [2.24, 2.45) is 0 Å². The van der Waals surface area contributed by atoms with Gasteiger partial charge in [-0.1, -0.05) is 42.1 Å². The predicted octanol–water partition coefficient (Wildman–Crippen LogP) is 5.13. The van der Waals surface area contributed by atoms with E-state index in [1.54, 1.807) is 7.11 Å². The SMILES string of the molecule is CCn1c(SC(C)C(=O)c2c(C)[nH]c3ccccc23)nnc1-c1ccccc1OC. The molecule has 0 spiro atoms. The molecule has 0 fully saturated rings. The van der Waals surface area contributed by atoms with Crippen molar-refractivity contribution in [1.29, 1.82) is 0 Å². The number of carbonyl (C=O) groups excluding carboxylic acids is 1. The molecule has 1 N–H and O–H groups in total. The third kappa shape index (κ3) is 3.50. The maximum Gasteiger partial charge on any atom is 0.192 e. The number of benzene rings is 2. The van der Waals surface area contributed by atoms with Crippen LogP contribution in [-0.4, -0.2) is 37.9 Å². The molecule has 2 aromatic heterocycles. The molecule has 154 valence electrons. The molecule has 2 aromatic carbocycles. The number of fused-ring (bicyclic) bond motifs is 1. The molecule has 0 radical (unpaired) electrons. The number of carbonyl (C=O) groups is 1. The molecule has 0 saturated heterocycles. The molecule has 4 aromatic rings. The Morgan fingerprint density at radius 2 is 1.90 bits per heavy atom. The second kappa shape index (κ2) is 8.36. The lowest BCUT2D eigenvalue weighted by atomic mass is 10.1. The Labute approximate surface area is 179 Å². The highest BCUT2D eigenvalue weighted by molar-refractivity contribution is 8.00. The van der Waals surface area contributed by atoms with Gasteiger partial charge in [-0.2, -0.15) is 0 Å². The number of nitrogens with zero attached hydrogens (tertiary/aromatic N) is 3. The molecule has 1 atom stereocenters. The van der Waals surface area contributed by atoms with E-state index in [-0.39, 0.29) is 11.0 Å². The minimum atomic E-state index is -0.303. The summed E-state index contributed by atoms with van der Waals surface area (Å²) in [6, 6.07) is 15.6. The summed E-state index contributed by atoms with van der Waals surface area (Å²) >= 11 is 1.43. The Morgan fingerprint density at radius 3 is 2.67 bits per heavy atom. The summed E-state index contributed by atoms with van der Waals surface area (Å²) in [5.74, 6) is 1.56. The van der Waals surface area contributed by atoms with E-state index in [1.807, 2.05) is 73.9 Å². The van der Waals surface area contributed by atoms with E-state index in [1.165, 1.54) is 11.8 Å². The van der Waals surface area contributed by atoms with Gasteiger partial charge >= 0.3 is 0 Å². The van der Waals surface area contributed by atoms with Gasteiger partial charge in [-0.25, -0.2) is 0 Å². The van der Waals surface area contributed by atoms with E-state index in [0.29, 0.717) is 6.54 Å². The van der Waals surface area contributed by atoms with Crippen LogP contribution >= 0.6 is 11.8 Å². The molecule has 0 saturated carbocycles. The zero-order chi connectivity index (χ0) is 21.3. The van der Waals surface area contributed by atoms with Crippen LogP contribution in [0.5, 0.6) is 5.75 Å². The number of methoxy groups -OCH3 is 1. The molecule has 2 heterocycles. The average molecular weight is 421 g/mol. The summed E-state index contributed by atoms with van der Waals surface area (Å²) in [6.07, 6.45) is 0. The standard InChI is InChI=1S/C23H24N4O2S/c1-5-27-22(17-11-7-9-13-19(17)29-4)25-26-23(27)30-15(3)21(28)20-14(2)24-18-12-8-6-10-16(18)20/h6-13,15,24H,5H2,1-4H3. The van der Waals surface area contributed by atoms with E-state index in [4.69, 9.17) is 4.74 Å². The number of hydrogen-bond donors (Lipinski definition) is 1. The first-order valence-corrected chi connectivity index (χ1v) is 10.8. The largest absolute Gasteiger partial charge is 0.496 e. The Morgan fingerprint density at radius 1 is 1.17 bits per heavy atom. The number of hydrogen-bond acceptors (Lipinski definition) is 5. The zero-order valence-corrected chi connectivity index (χ0v) is 18.3. The highest BCUT2D eigenvalue weighted by Crippen LogP contribution is 2.33. The molecule has 6 nitrogen and oxygen atoms in total. The molecular formula is C23H24N4O2S. The molecule has 7 heteroatoms. The van der Waals surface area contributed by atoms with Gasteiger partial charge in [0.25, 0.3) is 0 Å². The number of rotatable bonds is 7. The molecule has 4 rings (SSSR count). The van der Waals surface area contributed by atoms with E-state index in [2.05, 4.69) is 15.2 Å². The predicted molar refractivity (Wildman–Crippen MR) is 120 cm³/mol. The third-order valence-corrected chi connectivity index (χ3v) is 6.25. The molecule has 1 unspecified atom stereocenters.